The van der Waals surface area contributed by atoms with Gasteiger partial charge in [-0.3, -0.25) is 14.6 Å². The molecule has 0 aliphatic carbocycles. The van der Waals surface area contributed by atoms with Gasteiger partial charge in [0.15, 0.2) is 5.41 Å². The second-order valence-electron chi connectivity index (χ2n) is 4.82. The van der Waals surface area contributed by atoms with Gasteiger partial charge in [-0.05, 0) is 43.5 Å². The fourth-order valence-electron chi connectivity index (χ4n) is 2.07. The minimum absolute atomic E-state index is 0.332. The number of amides is 1. The molecule has 116 valence electrons. The molecule has 1 amide bonds. The van der Waals surface area contributed by atoms with Gasteiger partial charge in [-0.1, -0.05) is 6.07 Å². The molecule has 0 fully saturated rings. The van der Waals surface area contributed by atoms with Crippen LogP contribution in [0.2, 0.25) is 0 Å². The lowest BCUT2D eigenvalue weighted by Crippen LogP contribution is -2.46. The Kier molecular flexibility index (Phi) is 4.90. The Labute approximate surface area is 127 Å². The summed E-state index contributed by atoms with van der Waals surface area (Å²) in [5.41, 5.74) is 4.65. The molecule has 1 aliphatic rings. The van der Waals surface area contributed by atoms with E-state index in [9.17, 15) is 14.7 Å². The van der Waals surface area contributed by atoms with Crippen molar-refractivity contribution in [3.63, 3.8) is 0 Å². The molecule has 1 unspecified atom stereocenters. The maximum Gasteiger partial charge on any atom is 0.327 e. The van der Waals surface area contributed by atoms with Gasteiger partial charge in [0.1, 0.15) is 0 Å². The van der Waals surface area contributed by atoms with Gasteiger partial charge in [-0.15, -0.1) is 0 Å². The summed E-state index contributed by atoms with van der Waals surface area (Å²) in [6.45, 7) is 0.755. The van der Waals surface area contributed by atoms with Crippen LogP contribution in [0.25, 0.3) is 5.70 Å². The average molecular weight is 302 g/mol. The van der Waals surface area contributed by atoms with Crippen molar-refractivity contribution in [2.75, 3.05) is 13.1 Å². The molecule has 2 heterocycles. The molecule has 7 heteroatoms. The standard InChI is InChI=1S/C15H18N4O3/c16-6-3-8-19-13(20)15(14(21)22)5-9-18-12(10-15)11-4-1-2-7-17-11/h1-2,4-5,7,9-10,18H,3,6,8,16H2,(H,19,20)(H,21,22). The monoisotopic (exact) mass is 302 g/mol. The van der Waals surface area contributed by atoms with Crippen molar-refractivity contribution in [3.05, 3.63) is 48.4 Å². The molecule has 1 aromatic rings. The first kappa shape index (κ1) is 15.7. The number of hydrogen-bond donors (Lipinski definition) is 4. The van der Waals surface area contributed by atoms with E-state index in [1.54, 1.807) is 24.4 Å². The van der Waals surface area contributed by atoms with Crippen LogP contribution in [0.5, 0.6) is 0 Å². The molecule has 0 spiro atoms. The number of nitrogens with two attached hydrogens (primary N) is 1. The van der Waals surface area contributed by atoms with E-state index in [2.05, 4.69) is 15.6 Å². The number of rotatable bonds is 6. The fraction of sp³-hybridized carbons (Fsp3) is 0.267. The van der Waals surface area contributed by atoms with Crippen molar-refractivity contribution in [1.82, 2.24) is 15.6 Å². The van der Waals surface area contributed by atoms with Crippen molar-refractivity contribution in [2.45, 2.75) is 6.42 Å². The van der Waals surface area contributed by atoms with Gasteiger partial charge >= 0.3 is 5.97 Å². The molecular formula is C15H18N4O3. The first-order chi connectivity index (χ1) is 10.6. The maximum atomic E-state index is 12.3. The second-order valence-corrected chi connectivity index (χ2v) is 4.82. The molecule has 1 atom stereocenters. The quantitative estimate of drug-likeness (QED) is 0.436. The average Bonchev–Trinajstić information content (AvgIpc) is 2.55. The summed E-state index contributed by atoms with van der Waals surface area (Å²) in [6, 6.07) is 5.27. The number of dihydropyridines is 1. The van der Waals surface area contributed by atoms with Gasteiger partial charge in [0.05, 0.1) is 11.4 Å². The zero-order valence-electron chi connectivity index (χ0n) is 12.0. The number of carbonyl (C=O) groups is 2. The van der Waals surface area contributed by atoms with Gasteiger partial charge in [-0.2, -0.15) is 0 Å². The Hall–Kier alpha value is -2.67. The van der Waals surface area contributed by atoms with Crippen LogP contribution in [-0.2, 0) is 9.59 Å². The zero-order valence-corrected chi connectivity index (χ0v) is 12.0. The van der Waals surface area contributed by atoms with E-state index >= 15 is 0 Å². The molecule has 2 rings (SSSR count). The summed E-state index contributed by atoms with van der Waals surface area (Å²) in [5.74, 6) is -1.84. The highest BCUT2D eigenvalue weighted by atomic mass is 16.4. The van der Waals surface area contributed by atoms with Crippen molar-refractivity contribution in [3.8, 4) is 0 Å². The minimum Gasteiger partial charge on any atom is -0.480 e. The van der Waals surface area contributed by atoms with E-state index in [-0.39, 0.29) is 0 Å². The predicted octanol–water partition coefficient (Wildman–Crippen LogP) is 0.0754. The molecule has 0 bridgehead atoms. The van der Waals surface area contributed by atoms with Crippen molar-refractivity contribution in [1.29, 1.82) is 0 Å². The summed E-state index contributed by atoms with van der Waals surface area (Å²) in [4.78, 5) is 28.2. The molecule has 0 radical (unpaired) electrons. The van der Waals surface area contributed by atoms with Crippen LogP contribution in [0, 0.1) is 5.41 Å². The lowest BCUT2D eigenvalue weighted by Gasteiger charge is -2.26. The van der Waals surface area contributed by atoms with Crippen molar-refractivity contribution < 1.29 is 14.7 Å². The number of nitrogens with zero attached hydrogens (tertiary/aromatic N) is 1. The highest BCUT2D eigenvalue weighted by Crippen LogP contribution is 2.29. The van der Waals surface area contributed by atoms with Crippen molar-refractivity contribution >= 4 is 17.6 Å². The summed E-state index contributed by atoms with van der Waals surface area (Å²) in [5, 5.41) is 15.1. The van der Waals surface area contributed by atoms with Gasteiger partial charge in [0, 0.05) is 12.7 Å². The number of aromatic nitrogens is 1. The number of pyridine rings is 1. The van der Waals surface area contributed by atoms with Gasteiger partial charge < -0.3 is 21.5 Å². The van der Waals surface area contributed by atoms with Gasteiger partial charge in [0.2, 0.25) is 5.91 Å². The summed E-state index contributed by atoms with van der Waals surface area (Å²) < 4.78 is 0. The second kappa shape index (κ2) is 6.86. The Bertz CT molecular complexity index is 612. The summed E-state index contributed by atoms with van der Waals surface area (Å²) in [6.07, 6.45) is 6.32. The molecule has 5 N–H and O–H groups in total. The third-order valence-corrected chi connectivity index (χ3v) is 3.29. The van der Waals surface area contributed by atoms with Crippen LogP contribution in [0.1, 0.15) is 12.1 Å². The molecule has 1 aliphatic heterocycles. The highest BCUT2D eigenvalue weighted by molar-refractivity contribution is 6.07. The summed E-state index contributed by atoms with van der Waals surface area (Å²) in [7, 11) is 0. The Morgan fingerprint density at radius 2 is 2.23 bits per heavy atom. The fourth-order valence-corrected chi connectivity index (χ4v) is 2.07. The van der Waals surface area contributed by atoms with Crippen molar-refractivity contribution in [2.24, 2.45) is 11.1 Å². The van der Waals surface area contributed by atoms with Crippen LogP contribution < -0.4 is 16.4 Å². The molecule has 0 saturated carbocycles. The third kappa shape index (κ3) is 3.15. The first-order valence-corrected chi connectivity index (χ1v) is 6.90. The van der Waals surface area contributed by atoms with Crippen LogP contribution >= 0.6 is 0 Å². The van der Waals surface area contributed by atoms with Crippen LogP contribution in [0.4, 0.5) is 0 Å². The smallest absolute Gasteiger partial charge is 0.327 e. The van der Waals surface area contributed by atoms with Crippen LogP contribution in [-0.4, -0.2) is 35.1 Å². The number of aliphatic carboxylic acids is 1. The summed E-state index contributed by atoms with van der Waals surface area (Å²) >= 11 is 0. The number of hydrogen-bond acceptors (Lipinski definition) is 5. The number of carbonyl (C=O) groups excluding carboxylic acids is 1. The Morgan fingerprint density at radius 1 is 1.41 bits per heavy atom. The molecule has 22 heavy (non-hydrogen) atoms. The number of carboxylic acids is 1. The molecular weight excluding hydrogens is 284 g/mol. The maximum absolute atomic E-state index is 12.3. The Balaban J connectivity index is 2.31. The zero-order chi connectivity index (χ0) is 16.0. The van der Waals surface area contributed by atoms with E-state index in [4.69, 9.17) is 5.73 Å². The van der Waals surface area contributed by atoms with E-state index in [0.29, 0.717) is 30.9 Å². The normalized spacial score (nSPS) is 20.0. The molecule has 7 nitrogen and oxygen atoms in total. The Morgan fingerprint density at radius 3 is 2.86 bits per heavy atom. The van der Waals surface area contributed by atoms with E-state index in [0.717, 1.165) is 0 Å². The van der Waals surface area contributed by atoms with E-state index in [1.807, 2.05) is 0 Å². The lowest BCUT2D eigenvalue weighted by atomic mass is 9.83. The third-order valence-electron chi connectivity index (χ3n) is 3.29. The van der Waals surface area contributed by atoms with E-state index in [1.165, 1.54) is 18.4 Å². The lowest BCUT2D eigenvalue weighted by molar-refractivity contribution is -0.149. The minimum atomic E-state index is -1.76. The molecule has 0 saturated heterocycles. The number of nitrogens with one attached hydrogen (secondary N) is 2. The SMILES string of the molecule is NCCCNC(=O)C1(C(=O)O)C=CNC(c2ccccn2)=C1. The van der Waals surface area contributed by atoms with Crippen LogP contribution in [0.3, 0.4) is 0 Å². The van der Waals surface area contributed by atoms with Crippen LogP contribution in [0.15, 0.2) is 42.7 Å². The first-order valence-electron chi connectivity index (χ1n) is 6.90. The van der Waals surface area contributed by atoms with Gasteiger partial charge in [0.25, 0.3) is 0 Å². The predicted molar refractivity (Wildman–Crippen MR) is 81.2 cm³/mol. The van der Waals surface area contributed by atoms with Gasteiger partial charge in [-0.25, -0.2) is 0 Å². The largest absolute Gasteiger partial charge is 0.480 e. The number of carboxylic acid groups (broad SMARTS) is 1. The topological polar surface area (TPSA) is 117 Å². The molecule has 1 aromatic heterocycles. The molecule has 0 aromatic carbocycles. The highest BCUT2D eigenvalue weighted by Gasteiger charge is 2.43. The van der Waals surface area contributed by atoms with E-state index < -0.39 is 17.3 Å².